The minimum absolute atomic E-state index is 0. The molecule has 0 aromatic rings. The first-order valence-electron chi connectivity index (χ1n) is 1.63. The zero-order valence-corrected chi connectivity index (χ0v) is 39.3. The average Bonchev–Trinajstić information content (AvgIpc) is 1.12. The van der Waals surface area contributed by atoms with Crippen LogP contribution in [0.1, 0.15) is 0 Å². The van der Waals surface area contributed by atoms with Crippen molar-refractivity contribution < 1.29 is 449 Å². The summed E-state index contributed by atoms with van der Waals surface area (Å²) in [7, 11) is -11.2. The van der Waals surface area contributed by atoms with Crippen molar-refractivity contribution in [3.05, 3.63) is 0 Å². The normalized spacial score (nSPS) is 6.67. The second kappa shape index (κ2) is 40.6. The summed E-state index contributed by atoms with van der Waals surface area (Å²) in [6.07, 6.45) is 0. The van der Waals surface area contributed by atoms with Gasteiger partial charge in [-0.15, -0.1) is 0 Å². The maximum atomic E-state index is 8.58. The van der Waals surface area contributed by atoms with Crippen molar-refractivity contribution in [2.45, 2.75) is 0 Å². The quantitative estimate of drug-likeness (QED) is 0.296. The molecule has 0 aliphatic carbocycles. The van der Waals surface area contributed by atoms with E-state index in [1.807, 2.05) is 0 Å². The van der Waals surface area contributed by atoms with E-state index in [1.54, 1.807) is 0 Å². The smallest absolute Gasteiger partial charge is 0.894 e. The summed E-state index contributed by atoms with van der Waals surface area (Å²) in [6, 6.07) is 0. The Hall–Kier alpha value is 13.2. The van der Waals surface area contributed by atoms with Crippen LogP contribution in [0.25, 0.3) is 0 Å². The van der Waals surface area contributed by atoms with E-state index in [2.05, 4.69) is 0 Å². The second-order valence-corrected chi connectivity index (χ2v) is 3.00. The Morgan fingerprint density at radius 1 is 0.278 bits per heavy atom. The summed E-state index contributed by atoms with van der Waals surface area (Å²) in [4.78, 5) is 68.6. The van der Waals surface area contributed by atoms with Crippen molar-refractivity contribution >= 4 is 18.1 Å². The van der Waals surface area contributed by atoms with Gasteiger partial charge in [0.25, 0.3) is 0 Å². The molecule has 18 heteroatoms. The van der Waals surface area contributed by atoms with Crippen molar-refractivity contribution in [1.82, 2.24) is 0 Å². The molecule has 0 heterocycles. The molecular formula is K8O8Si2. The minimum atomic E-state index is -5.61. The van der Waals surface area contributed by atoms with Crippen LogP contribution in [0, 0.1) is 0 Å². The Morgan fingerprint density at radius 3 is 0.278 bits per heavy atom. The SMILES string of the molecule is [K+].[K+].[K+].[K+].[K+].[K+].[K+].[K+].[O-][Si]([O-])([O-])[O-].[O-][Si]([O-])([O-])[O-]. The third kappa shape index (κ3) is 133. The second-order valence-electron chi connectivity index (χ2n) is 1.00. The molecule has 0 fully saturated rings. The fraction of sp³-hybridized carbons (Fsp3) is 0. The Kier molecular flexibility index (Phi) is 143. The molecule has 0 spiro atoms. The number of hydrogen-bond donors (Lipinski definition) is 0. The van der Waals surface area contributed by atoms with Gasteiger partial charge < -0.3 is 56.5 Å². The van der Waals surface area contributed by atoms with E-state index in [1.165, 1.54) is 0 Å². The van der Waals surface area contributed by atoms with E-state index < -0.39 is 18.1 Å². The first-order valence-corrected chi connectivity index (χ1v) is 4.90. The summed E-state index contributed by atoms with van der Waals surface area (Å²) in [5.74, 6) is 0. The monoisotopic (exact) mass is 496 g/mol. The third-order valence-corrected chi connectivity index (χ3v) is 0. The predicted molar refractivity (Wildman–Crippen MR) is 11.5 cm³/mol. The van der Waals surface area contributed by atoms with Crippen LogP contribution < -0.4 is 449 Å². The van der Waals surface area contributed by atoms with Crippen LogP contribution in [-0.4, -0.2) is 18.1 Å². The molecule has 0 unspecified atom stereocenters. The van der Waals surface area contributed by atoms with Gasteiger partial charge in [-0.05, 0) is 0 Å². The molecule has 0 bridgehead atoms. The Balaban J connectivity index is -0.00000000615. The van der Waals surface area contributed by atoms with E-state index in [0.717, 1.165) is 0 Å². The molecule has 0 atom stereocenters. The maximum Gasteiger partial charge on any atom is 1.00 e. The zero-order chi connectivity index (χ0) is 9.00. The largest absolute Gasteiger partial charge is 1.00 e. The van der Waals surface area contributed by atoms with E-state index >= 15 is 0 Å². The molecule has 0 saturated heterocycles. The van der Waals surface area contributed by atoms with Crippen LogP contribution in [0.5, 0.6) is 0 Å². The molecule has 0 aromatic carbocycles. The van der Waals surface area contributed by atoms with Gasteiger partial charge in [0.05, 0.1) is 0 Å². The van der Waals surface area contributed by atoms with Gasteiger partial charge in [0.2, 0.25) is 0 Å². The van der Waals surface area contributed by atoms with Gasteiger partial charge in [-0.2, -0.15) is 0 Å². The van der Waals surface area contributed by atoms with Gasteiger partial charge in [0.1, 0.15) is 0 Å². The van der Waals surface area contributed by atoms with Crippen molar-refractivity contribution in [1.29, 1.82) is 0 Å². The Morgan fingerprint density at radius 2 is 0.278 bits per heavy atom. The van der Waals surface area contributed by atoms with Gasteiger partial charge in [-0.3, -0.25) is 0 Å². The molecule has 8 nitrogen and oxygen atoms in total. The van der Waals surface area contributed by atoms with Crippen molar-refractivity contribution in [3.8, 4) is 0 Å². The summed E-state index contributed by atoms with van der Waals surface area (Å²) in [5.41, 5.74) is 0. The molecule has 0 aliphatic heterocycles. The summed E-state index contributed by atoms with van der Waals surface area (Å²) < 4.78 is 0. The average molecular weight is 497 g/mol. The van der Waals surface area contributed by atoms with E-state index in [-0.39, 0.29) is 411 Å². The number of rotatable bonds is 0. The maximum absolute atomic E-state index is 8.58. The standard InChI is InChI=1S/8K.2O4Si/c;;;;;;;;2*1-5(2,3)4/q8*+1;2*-4. The molecule has 0 N–H and O–H groups in total. The van der Waals surface area contributed by atoms with Gasteiger partial charge in [-0.25, -0.2) is 0 Å². The molecule has 0 radical (unpaired) electrons. The van der Waals surface area contributed by atoms with Crippen LogP contribution in [0.2, 0.25) is 0 Å². The summed E-state index contributed by atoms with van der Waals surface area (Å²) >= 11 is 0. The van der Waals surface area contributed by atoms with Gasteiger partial charge in [0, 0.05) is 0 Å². The van der Waals surface area contributed by atoms with Crippen LogP contribution in [0.15, 0.2) is 0 Å². The summed E-state index contributed by atoms with van der Waals surface area (Å²) in [6.45, 7) is 0. The van der Waals surface area contributed by atoms with E-state index in [9.17, 15) is 0 Å². The molecular weight excluding hydrogens is 497 g/mol. The topological polar surface area (TPSA) is 184 Å². The first-order chi connectivity index (χ1) is 4.00. The fourth-order valence-electron chi connectivity index (χ4n) is 0. The molecule has 0 rings (SSSR count). The molecule has 0 aliphatic rings. The number of hydrogen-bond acceptors (Lipinski definition) is 8. The van der Waals surface area contributed by atoms with Crippen LogP contribution in [0.3, 0.4) is 0 Å². The first kappa shape index (κ1) is 63.3. The minimum Gasteiger partial charge on any atom is -0.894 e. The van der Waals surface area contributed by atoms with Gasteiger partial charge in [0.15, 0.2) is 0 Å². The predicted octanol–water partition coefficient (Wildman–Crippen LogP) is -34.2. The van der Waals surface area contributed by atoms with Gasteiger partial charge >= 0.3 is 411 Å². The van der Waals surface area contributed by atoms with E-state index in [0.29, 0.717) is 0 Å². The fourth-order valence-corrected chi connectivity index (χ4v) is 0. The van der Waals surface area contributed by atoms with Crippen LogP contribution >= 0.6 is 0 Å². The third-order valence-electron chi connectivity index (χ3n) is 0. The van der Waals surface area contributed by atoms with Crippen molar-refractivity contribution in [2.24, 2.45) is 0 Å². The summed E-state index contributed by atoms with van der Waals surface area (Å²) in [5, 5.41) is 0. The molecule has 0 saturated carbocycles. The van der Waals surface area contributed by atoms with E-state index in [4.69, 9.17) is 38.4 Å². The molecule has 0 aromatic heterocycles. The molecule has 0 amide bonds. The Bertz CT molecular complexity index is 68.1. The molecule has 18 heavy (non-hydrogen) atoms. The van der Waals surface area contributed by atoms with Crippen molar-refractivity contribution in [2.75, 3.05) is 0 Å². The van der Waals surface area contributed by atoms with Gasteiger partial charge in [-0.1, -0.05) is 0 Å². The van der Waals surface area contributed by atoms with Crippen LogP contribution in [-0.2, 0) is 0 Å². The van der Waals surface area contributed by atoms with Crippen molar-refractivity contribution in [3.63, 3.8) is 0 Å². The van der Waals surface area contributed by atoms with Crippen LogP contribution in [0.4, 0.5) is 0 Å². The zero-order valence-electron chi connectivity index (χ0n) is 12.3. The Labute approximate surface area is 449 Å². The molecule has 64 valence electrons.